The molecule has 17 heavy (non-hydrogen) atoms. The van der Waals surface area contributed by atoms with Gasteiger partial charge in [0.2, 0.25) is 0 Å². The van der Waals surface area contributed by atoms with Gasteiger partial charge in [-0.05, 0) is 44.3 Å². The molecule has 1 unspecified atom stereocenters. The standard InChI is InChI=1S/C13H19N3S/c1-9-11(10(2)16(4)15-9)8-12(14-3)13-6-5-7-17-13/h5-7,12,14H,8H2,1-4H3. The Balaban J connectivity index is 2.24. The second kappa shape index (κ2) is 5.02. The molecule has 1 N–H and O–H groups in total. The maximum absolute atomic E-state index is 4.47. The minimum Gasteiger partial charge on any atom is -0.312 e. The molecule has 2 heterocycles. The Morgan fingerprint density at radius 2 is 2.24 bits per heavy atom. The molecule has 2 aromatic heterocycles. The van der Waals surface area contributed by atoms with Crippen LogP contribution >= 0.6 is 11.3 Å². The zero-order valence-corrected chi connectivity index (χ0v) is 11.6. The van der Waals surface area contributed by atoms with Gasteiger partial charge in [0.05, 0.1) is 5.69 Å². The number of thiophene rings is 1. The second-order valence-electron chi connectivity index (χ2n) is 4.33. The lowest BCUT2D eigenvalue weighted by atomic mass is 10.0. The van der Waals surface area contributed by atoms with Crippen molar-refractivity contribution in [3.63, 3.8) is 0 Å². The third-order valence-corrected chi connectivity index (χ3v) is 4.29. The SMILES string of the molecule is CNC(Cc1c(C)nn(C)c1C)c1cccs1. The first-order valence-corrected chi connectivity index (χ1v) is 6.71. The van der Waals surface area contributed by atoms with Crippen molar-refractivity contribution in [3.8, 4) is 0 Å². The number of rotatable bonds is 4. The third-order valence-electron chi connectivity index (χ3n) is 3.30. The summed E-state index contributed by atoms with van der Waals surface area (Å²) in [7, 11) is 4.02. The molecule has 1 atom stereocenters. The number of aryl methyl sites for hydroxylation is 2. The molecular weight excluding hydrogens is 230 g/mol. The summed E-state index contributed by atoms with van der Waals surface area (Å²) in [5, 5.41) is 9.99. The van der Waals surface area contributed by atoms with E-state index in [1.165, 1.54) is 16.1 Å². The van der Waals surface area contributed by atoms with E-state index in [1.54, 1.807) is 11.3 Å². The predicted molar refractivity (Wildman–Crippen MR) is 72.5 cm³/mol. The molecular formula is C13H19N3S. The Labute approximate surface area is 106 Å². The molecule has 0 aliphatic heterocycles. The topological polar surface area (TPSA) is 29.9 Å². The first-order valence-electron chi connectivity index (χ1n) is 5.83. The van der Waals surface area contributed by atoms with Gasteiger partial charge in [0.25, 0.3) is 0 Å². The second-order valence-corrected chi connectivity index (χ2v) is 5.31. The van der Waals surface area contributed by atoms with Gasteiger partial charge in [-0.25, -0.2) is 0 Å². The summed E-state index contributed by atoms with van der Waals surface area (Å²) < 4.78 is 1.96. The molecule has 0 aliphatic rings. The maximum Gasteiger partial charge on any atom is 0.0629 e. The van der Waals surface area contributed by atoms with Gasteiger partial charge < -0.3 is 5.32 Å². The van der Waals surface area contributed by atoms with Crippen LogP contribution in [-0.2, 0) is 13.5 Å². The number of hydrogen-bond acceptors (Lipinski definition) is 3. The molecule has 0 bridgehead atoms. The fourth-order valence-corrected chi connectivity index (χ4v) is 2.99. The summed E-state index contributed by atoms with van der Waals surface area (Å²) in [5.41, 5.74) is 3.77. The predicted octanol–water partition coefficient (Wildman–Crippen LogP) is 2.60. The Bertz CT molecular complexity index is 485. The third kappa shape index (κ3) is 2.42. The van der Waals surface area contributed by atoms with Gasteiger partial charge in [-0.15, -0.1) is 11.3 Å². The van der Waals surface area contributed by atoms with Crippen molar-refractivity contribution in [3.05, 3.63) is 39.3 Å². The van der Waals surface area contributed by atoms with Gasteiger partial charge in [-0.1, -0.05) is 6.07 Å². The minimum absolute atomic E-state index is 0.386. The van der Waals surface area contributed by atoms with Crippen molar-refractivity contribution in [2.24, 2.45) is 7.05 Å². The zero-order chi connectivity index (χ0) is 12.4. The summed E-state index contributed by atoms with van der Waals surface area (Å²) in [4.78, 5) is 1.38. The molecule has 0 saturated carbocycles. The van der Waals surface area contributed by atoms with E-state index >= 15 is 0 Å². The minimum atomic E-state index is 0.386. The molecule has 2 rings (SSSR count). The van der Waals surface area contributed by atoms with Gasteiger partial charge >= 0.3 is 0 Å². The molecule has 0 aliphatic carbocycles. The van der Waals surface area contributed by atoms with Crippen molar-refractivity contribution in [2.45, 2.75) is 26.3 Å². The Hall–Kier alpha value is -1.13. The van der Waals surface area contributed by atoms with E-state index in [-0.39, 0.29) is 0 Å². The fraction of sp³-hybridized carbons (Fsp3) is 0.462. The molecule has 3 nitrogen and oxygen atoms in total. The summed E-state index contributed by atoms with van der Waals surface area (Å²) in [6, 6.07) is 4.68. The first-order chi connectivity index (χ1) is 8.13. The Morgan fingerprint density at radius 3 is 2.71 bits per heavy atom. The van der Waals surface area contributed by atoms with E-state index in [2.05, 4.69) is 41.8 Å². The molecule has 0 saturated heterocycles. The highest BCUT2D eigenvalue weighted by atomic mass is 32.1. The normalized spacial score (nSPS) is 12.9. The molecule has 4 heteroatoms. The molecule has 0 amide bonds. The highest BCUT2D eigenvalue weighted by Crippen LogP contribution is 2.25. The molecule has 0 radical (unpaired) electrons. The van der Waals surface area contributed by atoms with Crippen LogP contribution in [0.2, 0.25) is 0 Å². The molecule has 2 aromatic rings. The van der Waals surface area contributed by atoms with Crippen molar-refractivity contribution in [1.82, 2.24) is 15.1 Å². The average molecular weight is 249 g/mol. The number of hydrogen-bond donors (Lipinski definition) is 1. The Morgan fingerprint density at radius 1 is 1.47 bits per heavy atom. The molecule has 0 aromatic carbocycles. The number of nitrogens with zero attached hydrogens (tertiary/aromatic N) is 2. The van der Waals surface area contributed by atoms with Crippen LogP contribution in [0.25, 0.3) is 0 Å². The summed E-state index contributed by atoms with van der Waals surface area (Å²) >= 11 is 1.80. The average Bonchev–Trinajstić information content (AvgIpc) is 2.89. The fourth-order valence-electron chi connectivity index (χ4n) is 2.15. The number of nitrogens with one attached hydrogen (secondary N) is 1. The lowest BCUT2D eigenvalue weighted by Gasteiger charge is -2.14. The van der Waals surface area contributed by atoms with Crippen molar-refractivity contribution in [1.29, 1.82) is 0 Å². The van der Waals surface area contributed by atoms with E-state index in [0.29, 0.717) is 6.04 Å². The summed E-state index contributed by atoms with van der Waals surface area (Å²) in [5.74, 6) is 0. The van der Waals surface area contributed by atoms with Crippen LogP contribution in [0.15, 0.2) is 17.5 Å². The Kier molecular flexibility index (Phi) is 3.64. The number of likely N-dealkylation sites (N-methyl/N-ethyl adjacent to an activating group) is 1. The highest BCUT2D eigenvalue weighted by Gasteiger charge is 2.16. The monoisotopic (exact) mass is 249 g/mol. The van der Waals surface area contributed by atoms with E-state index in [1.807, 2.05) is 18.8 Å². The summed E-state index contributed by atoms with van der Waals surface area (Å²) in [6.07, 6.45) is 1.00. The largest absolute Gasteiger partial charge is 0.312 e. The lowest BCUT2D eigenvalue weighted by molar-refractivity contribution is 0.598. The van der Waals surface area contributed by atoms with Crippen LogP contribution in [0.1, 0.15) is 27.9 Å². The smallest absolute Gasteiger partial charge is 0.0629 e. The molecule has 0 fully saturated rings. The van der Waals surface area contributed by atoms with Gasteiger partial charge in [0.15, 0.2) is 0 Å². The van der Waals surface area contributed by atoms with Crippen LogP contribution in [0, 0.1) is 13.8 Å². The van der Waals surface area contributed by atoms with Crippen LogP contribution in [-0.4, -0.2) is 16.8 Å². The van der Waals surface area contributed by atoms with Gasteiger partial charge in [-0.3, -0.25) is 4.68 Å². The van der Waals surface area contributed by atoms with Crippen molar-refractivity contribution in [2.75, 3.05) is 7.05 Å². The van der Waals surface area contributed by atoms with Crippen LogP contribution in [0.5, 0.6) is 0 Å². The van der Waals surface area contributed by atoms with E-state index < -0.39 is 0 Å². The molecule has 0 spiro atoms. The van der Waals surface area contributed by atoms with E-state index in [0.717, 1.165) is 12.1 Å². The zero-order valence-electron chi connectivity index (χ0n) is 10.8. The molecule has 92 valence electrons. The first kappa shape index (κ1) is 12.3. The van der Waals surface area contributed by atoms with E-state index in [9.17, 15) is 0 Å². The van der Waals surface area contributed by atoms with Crippen molar-refractivity contribution >= 4 is 11.3 Å². The highest BCUT2D eigenvalue weighted by molar-refractivity contribution is 7.10. The van der Waals surface area contributed by atoms with E-state index in [4.69, 9.17) is 0 Å². The maximum atomic E-state index is 4.47. The number of aromatic nitrogens is 2. The van der Waals surface area contributed by atoms with Crippen molar-refractivity contribution < 1.29 is 0 Å². The van der Waals surface area contributed by atoms with Crippen LogP contribution in [0.4, 0.5) is 0 Å². The summed E-state index contributed by atoms with van der Waals surface area (Å²) in [6.45, 7) is 4.22. The van der Waals surface area contributed by atoms with Crippen LogP contribution < -0.4 is 5.32 Å². The van der Waals surface area contributed by atoms with Crippen LogP contribution in [0.3, 0.4) is 0 Å². The van der Waals surface area contributed by atoms with Gasteiger partial charge in [0.1, 0.15) is 0 Å². The quantitative estimate of drug-likeness (QED) is 0.902. The van der Waals surface area contributed by atoms with Gasteiger partial charge in [0, 0.05) is 23.7 Å². The van der Waals surface area contributed by atoms with Gasteiger partial charge in [-0.2, -0.15) is 5.10 Å². The lowest BCUT2D eigenvalue weighted by Crippen LogP contribution is -2.18.